The second-order valence-electron chi connectivity index (χ2n) is 4.96. The number of halogens is 2. The average Bonchev–Trinajstić information content (AvgIpc) is 3.01. The first kappa shape index (κ1) is 15.2. The molecule has 2 aromatic rings. The maximum absolute atomic E-state index is 4.88. The molecule has 108 valence electrons. The van der Waals surface area contributed by atoms with Gasteiger partial charge in [-0.1, -0.05) is 6.92 Å². The summed E-state index contributed by atoms with van der Waals surface area (Å²) in [6.45, 7) is 3.31. The predicted octanol–water partition coefficient (Wildman–Crippen LogP) is 5.77. The van der Waals surface area contributed by atoms with E-state index in [9.17, 15) is 0 Å². The van der Waals surface area contributed by atoms with Crippen LogP contribution in [0.25, 0.3) is 9.88 Å². The maximum atomic E-state index is 4.88. The fourth-order valence-electron chi connectivity index (χ4n) is 2.49. The molecule has 0 aliphatic heterocycles. The molecule has 1 atom stereocenters. The van der Waals surface area contributed by atoms with Crippen molar-refractivity contribution >= 4 is 54.5 Å². The Kier molecular flexibility index (Phi) is 4.98. The molecule has 0 saturated heterocycles. The van der Waals surface area contributed by atoms with Crippen LogP contribution in [0.2, 0.25) is 0 Å². The minimum Gasteiger partial charge on any atom is -0.309 e. The average molecular weight is 436 g/mol. The number of rotatable bonds is 4. The van der Waals surface area contributed by atoms with E-state index < -0.39 is 0 Å². The molecule has 2 nitrogen and oxygen atoms in total. The number of nitrogens with one attached hydrogen (secondary N) is 1. The lowest BCUT2D eigenvalue weighted by atomic mass is 9.98. The number of hydrogen-bond donors (Lipinski definition) is 1. The first-order chi connectivity index (χ1) is 9.69. The molecule has 0 radical (unpaired) electrons. The van der Waals surface area contributed by atoms with Crippen LogP contribution in [0.5, 0.6) is 0 Å². The third-order valence-electron chi connectivity index (χ3n) is 3.45. The Morgan fingerprint density at radius 3 is 2.95 bits per heavy atom. The van der Waals surface area contributed by atoms with E-state index in [0.29, 0.717) is 6.04 Å². The lowest BCUT2D eigenvalue weighted by Crippen LogP contribution is -2.24. The zero-order valence-corrected chi connectivity index (χ0v) is 16.0. The number of aromatic nitrogens is 1. The van der Waals surface area contributed by atoms with Crippen molar-refractivity contribution in [3.63, 3.8) is 0 Å². The molecule has 1 unspecified atom stereocenters. The van der Waals surface area contributed by atoms with Gasteiger partial charge in [0.05, 0.1) is 14.4 Å². The van der Waals surface area contributed by atoms with Gasteiger partial charge in [-0.05, 0) is 70.2 Å². The number of aryl methyl sites for hydroxylation is 1. The molecule has 2 aromatic heterocycles. The molecule has 0 aromatic carbocycles. The molecule has 0 spiro atoms. The predicted molar refractivity (Wildman–Crippen MR) is 94.8 cm³/mol. The van der Waals surface area contributed by atoms with Crippen molar-refractivity contribution in [1.29, 1.82) is 0 Å². The molecule has 20 heavy (non-hydrogen) atoms. The number of thiazole rings is 1. The van der Waals surface area contributed by atoms with E-state index in [1.807, 2.05) is 11.3 Å². The summed E-state index contributed by atoms with van der Waals surface area (Å²) in [7, 11) is 0. The van der Waals surface area contributed by atoms with Gasteiger partial charge < -0.3 is 5.32 Å². The van der Waals surface area contributed by atoms with Crippen molar-refractivity contribution in [1.82, 2.24) is 10.3 Å². The summed E-state index contributed by atoms with van der Waals surface area (Å²) in [6.07, 6.45) is 4.80. The lowest BCUT2D eigenvalue weighted by molar-refractivity contribution is 0.465. The largest absolute Gasteiger partial charge is 0.309 e. The Labute approximate surface area is 144 Å². The summed E-state index contributed by atoms with van der Waals surface area (Å²) >= 11 is 10.7. The van der Waals surface area contributed by atoms with Crippen LogP contribution in [0.1, 0.15) is 42.8 Å². The van der Waals surface area contributed by atoms with Gasteiger partial charge in [-0.2, -0.15) is 0 Å². The first-order valence-electron chi connectivity index (χ1n) is 6.87. The maximum Gasteiger partial charge on any atom is 0.134 e. The van der Waals surface area contributed by atoms with Crippen molar-refractivity contribution in [3.05, 3.63) is 24.9 Å². The van der Waals surface area contributed by atoms with Gasteiger partial charge in [-0.3, -0.25) is 0 Å². The molecular formula is C14H16Br2N2S2. The van der Waals surface area contributed by atoms with Gasteiger partial charge in [0, 0.05) is 15.4 Å². The Hall–Kier alpha value is 0.250. The zero-order valence-electron chi connectivity index (χ0n) is 11.2. The molecule has 2 heterocycles. The summed E-state index contributed by atoms with van der Waals surface area (Å²) in [5.74, 6) is 0. The van der Waals surface area contributed by atoms with Crippen LogP contribution in [0.4, 0.5) is 0 Å². The SMILES string of the molecule is CCCNC1CCCc2nc(-c3cc(Br)c(Br)s3)sc21. The van der Waals surface area contributed by atoms with Crippen LogP contribution in [0, 0.1) is 0 Å². The van der Waals surface area contributed by atoms with Crippen LogP contribution < -0.4 is 5.32 Å². The van der Waals surface area contributed by atoms with E-state index >= 15 is 0 Å². The monoisotopic (exact) mass is 434 g/mol. The highest BCUT2D eigenvalue weighted by molar-refractivity contribution is 9.13. The molecule has 3 rings (SSSR count). The van der Waals surface area contributed by atoms with Gasteiger partial charge in [0.25, 0.3) is 0 Å². The molecule has 0 amide bonds. The number of nitrogens with zero attached hydrogens (tertiary/aromatic N) is 1. The molecular weight excluding hydrogens is 420 g/mol. The Balaban J connectivity index is 1.90. The summed E-state index contributed by atoms with van der Waals surface area (Å²) < 4.78 is 2.26. The number of fused-ring (bicyclic) bond motifs is 1. The van der Waals surface area contributed by atoms with Crippen LogP contribution in [-0.2, 0) is 6.42 Å². The number of thiophene rings is 1. The smallest absolute Gasteiger partial charge is 0.134 e. The normalized spacial score (nSPS) is 18.2. The van der Waals surface area contributed by atoms with E-state index in [1.165, 1.54) is 34.7 Å². The van der Waals surface area contributed by atoms with Gasteiger partial charge in [-0.25, -0.2) is 4.98 Å². The Morgan fingerprint density at radius 1 is 1.40 bits per heavy atom. The Bertz CT molecular complexity index is 587. The zero-order chi connectivity index (χ0) is 14.1. The standard InChI is InChI=1S/C14H16Br2N2S2/c1-2-6-17-9-4-3-5-10-12(9)20-14(18-10)11-7-8(15)13(16)19-11/h7,9,17H,2-6H2,1H3. The van der Waals surface area contributed by atoms with E-state index in [0.717, 1.165) is 26.2 Å². The second-order valence-corrected chi connectivity index (χ2v) is 9.22. The van der Waals surface area contributed by atoms with E-state index in [2.05, 4.69) is 50.2 Å². The molecule has 1 aliphatic carbocycles. The van der Waals surface area contributed by atoms with Crippen LogP contribution >= 0.6 is 54.5 Å². The summed E-state index contributed by atoms with van der Waals surface area (Å²) in [5.41, 5.74) is 1.31. The minimum absolute atomic E-state index is 0.511. The van der Waals surface area contributed by atoms with Crippen LogP contribution in [0.15, 0.2) is 14.3 Å². The topological polar surface area (TPSA) is 24.9 Å². The minimum atomic E-state index is 0.511. The summed E-state index contributed by atoms with van der Waals surface area (Å²) in [5, 5.41) is 4.83. The summed E-state index contributed by atoms with van der Waals surface area (Å²) in [6, 6.07) is 2.67. The molecule has 1 N–H and O–H groups in total. The van der Waals surface area contributed by atoms with E-state index in [1.54, 1.807) is 11.3 Å². The van der Waals surface area contributed by atoms with Gasteiger partial charge in [0.2, 0.25) is 0 Å². The van der Waals surface area contributed by atoms with Crippen LogP contribution in [0.3, 0.4) is 0 Å². The van der Waals surface area contributed by atoms with Gasteiger partial charge in [-0.15, -0.1) is 22.7 Å². The highest BCUT2D eigenvalue weighted by Gasteiger charge is 2.25. The van der Waals surface area contributed by atoms with Crippen LogP contribution in [-0.4, -0.2) is 11.5 Å². The molecule has 0 bridgehead atoms. The van der Waals surface area contributed by atoms with Crippen molar-refractivity contribution in [2.24, 2.45) is 0 Å². The number of hydrogen-bond acceptors (Lipinski definition) is 4. The van der Waals surface area contributed by atoms with Gasteiger partial charge >= 0.3 is 0 Å². The fraction of sp³-hybridized carbons (Fsp3) is 0.500. The fourth-order valence-corrected chi connectivity index (χ4v) is 5.79. The quantitative estimate of drug-likeness (QED) is 0.658. The third kappa shape index (κ3) is 3.04. The second kappa shape index (κ2) is 6.57. The van der Waals surface area contributed by atoms with E-state index in [-0.39, 0.29) is 0 Å². The molecule has 1 aliphatic rings. The van der Waals surface area contributed by atoms with Crippen molar-refractivity contribution in [2.75, 3.05) is 6.54 Å². The van der Waals surface area contributed by atoms with Gasteiger partial charge in [0.1, 0.15) is 5.01 Å². The van der Waals surface area contributed by atoms with Crippen molar-refractivity contribution in [3.8, 4) is 9.88 Å². The van der Waals surface area contributed by atoms with Crippen molar-refractivity contribution in [2.45, 2.75) is 38.6 Å². The molecule has 0 saturated carbocycles. The Morgan fingerprint density at radius 2 is 2.25 bits per heavy atom. The molecule has 0 fully saturated rings. The highest BCUT2D eigenvalue weighted by Crippen LogP contribution is 2.43. The molecule has 6 heteroatoms. The summed E-state index contributed by atoms with van der Waals surface area (Å²) in [4.78, 5) is 7.59. The highest BCUT2D eigenvalue weighted by atomic mass is 79.9. The van der Waals surface area contributed by atoms with Gasteiger partial charge in [0.15, 0.2) is 0 Å². The first-order valence-corrected chi connectivity index (χ1v) is 10.1. The third-order valence-corrected chi connectivity index (χ3v) is 8.08. The van der Waals surface area contributed by atoms with E-state index in [4.69, 9.17) is 4.98 Å². The lowest BCUT2D eigenvalue weighted by Gasteiger charge is -2.22. The van der Waals surface area contributed by atoms with Crippen molar-refractivity contribution < 1.29 is 0 Å².